The average Bonchev–Trinajstić information content (AvgIpc) is 3.03. The van der Waals surface area contributed by atoms with Crippen molar-refractivity contribution in [1.82, 2.24) is 10.2 Å². The van der Waals surface area contributed by atoms with Gasteiger partial charge in [-0.1, -0.05) is 101 Å². The third kappa shape index (κ3) is 8.49. The van der Waals surface area contributed by atoms with E-state index < -0.39 is 28.5 Å². The van der Waals surface area contributed by atoms with Crippen molar-refractivity contribution in [2.75, 3.05) is 10.8 Å². The number of benzene rings is 4. The minimum absolute atomic E-state index is 0.00347. The predicted octanol–water partition coefficient (Wildman–Crippen LogP) is 6.85. The van der Waals surface area contributed by atoms with Gasteiger partial charge in [-0.2, -0.15) is 0 Å². The van der Waals surface area contributed by atoms with E-state index >= 15 is 0 Å². The molecule has 0 aromatic heterocycles. The van der Waals surface area contributed by atoms with Gasteiger partial charge in [-0.05, 0) is 66.9 Å². The molecule has 0 heterocycles. The molecule has 2 atom stereocenters. The second kappa shape index (κ2) is 15.4. The summed E-state index contributed by atoms with van der Waals surface area (Å²) in [6.07, 6.45) is 0.929. The lowest BCUT2D eigenvalue weighted by atomic mass is 10.0. The van der Waals surface area contributed by atoms with Gasteiger partial charge in [-0.3, -0.25) is 13.9 Å². The van der Waals surface area contributed by atoms with Crippen molar-refractivity contribution in [3.63, 3.8) is 0 Å². The second-order valence-corrected chi connectivity index (χ2v) is 13.6. The molecule has 0 fully saturated rings. The summed E-state index contributed by atoms with van der Waals surface area (Å²) in [6, 6.07) is 30.1. The van der Waals surface area contributed by atoms with E-state index in [4.69, 9.17) is 11.6 Å². The highest BCUT2D eigenvalue weighted by Crippen LogP contribution is 2.27. The van der Waals surface area contributed by atoms with Crippen LogP contribution in [0.15, 0.2) is 119 Å². The van der Waals surface area contributed by atoms with Gasteiger partial charge >= 0.3 is 0 Å². The smallest absolute Gasteiger partial charge is 0.264 e. The lowest BCUT2D eigenvalue weighted by Crippen LogP contribution is -2.54. The standard InChI is InChI=1S/C34H35BrClN3O4S/c1-3-25(2)37-34(41)32(22-26-12-6-4-7-13-26)38(23-27-14-10-11-17-31(27)36)33(40)24-39(29-20-18-28(35)19-21-29)44(42,43)30-15-8-5-9-16-30/h4-21,25,32H,3,22-24H2,1-2H3,(H,37,41)/t25-,32-/m1/s1. The summed E-state index contributed by atoms with van der Waals surface area (Å²) in [5.74, 6) is -0.878. The summed E-state index contributed by atoms with van der Waals surface area (Å²) in [5.41, 5.74) is 1.81. The Labute approximate surface area is 273 Å². The van der Waals surface area contributed by atoms with E-state index in [0.29, 0.717) is 22.7 Å². The normalized spacial score (nSPS) is 12.6. The lowest BCUT2D eigenvalue weighted by Gasteiger charge is -2.34. The maximum Gasteiger partial charge on any atom is 0.264 e. The third-order valence-electron chi connectivity index (χ3n) is 7.30. The third-order valence-corrected chi connectivity index (χ3v) is 9.98. The summed E-state index contributed by atoms with van der Waals surface area (Å²) < 4.78 is 29.9. The molecule has 2 amide bonds. The molecule has 4 aromatic carbocycles. The van der Waals surface area contributed by atoms with E-state index in [1.165, 1.54) is 17.0 Å². The van der Waals surface area contributed by atoms with Gasteiger partial charge in [-0.15, -0.1) is 0 Å². The molecular formula is C34H35BrClN3O4S. The molecule has 0 unspecified atom stereocenters. The van der Waals surface area contributed by atoms with E-state index in [-0.39, 0.29) is 29.8 Å². The first kappa shape index (κ1) is 33.2. The topological polar surface area (TPSA) is 86.8 Å². The highest BCUT2D eigenvalue weighted by Gasteiger charge is 2.35. The number of amides is 2. The molecule has 0 spiro atoms. The predicted molar refractivity (Wildman–Crippen MR) is 179 cm³/mol. The molecule has 44 heavy (non-hydrogen) atoms. The Morgan fingerprint density at radius 3 is 2.07 bits per heavy atom. The van der Waals surface area contributed by atoms with Crippen molar-refractivity contribution in [1.29, 1.82) is 0 Å². The number of hydrogen-bond donors (Lipinski definition) is 1. The molecule has 230 valence electrons. The zero-order chi connectivity index (χ0) is 31.7. The Morgan fingerprint density at radius 1 is 0.864 bits per heavy atom. The van der Waals surface area contributed by atoms with Crippen molar-refractivity contribution < 1.29 is 18.0 Å². The van der Waals surface area contributed by atoms with Gasteiger partial charge < -0.3 is 10.2 Å². The zero-order valence-corrected chi connectivity index (χ0v) is 27.7. The fourth-order valence-electron chi connectivity index (χ4n) is 4.66. The maximum absolute atomic E-state index is 14.5. The minimum atomic E-state index is -4.16. The van der Waals surface area contributed by atoms with Gasteiger partial charge in [0.2, 0.25) is 11.8 Å². The molecule has 0 aliphatic rings. The Morgan fingerprint density at radius 2 is 1.45 bits per heavy atom. The van der Waals surface area contributed by atoms with Gasteiger partial charge in [0.1, 0.15) is 12.6 Å². The first-order valence-corrected chi connectivity index (χ1v) is 16.9. The van der Waals surface area contributed by atoms with Crippen molar-refractivity contribution in [3.8, 4) is 0 Å². The molecule has 0 bridgehead atoms. The Bertz CT molecular complexity index is 1660. The maximum atomic E-state index is 14.5. The number of carbonyl (C=O) groups excluding carboxylic acids is 2. The van der Waals surface area contributed by atoms with E-state index in [0.717, 1.165) is 14.3 Å². The number of nitrogens with zero attached hydrogens (tertiary/aromatic N) is 2. The lowest BCUT2D eigenvalue weighted by molar-refractivity contribution is -0.140. The van der Waals surface area contributed by atoms with Gasteiger partial charge in [0, 0.05) is 28.5 Å². The summed E-state index contributed by atoms with van der Waals surface area (Å²) >= 11 is 9.94. The van der Waals surface area contributed by atoms with Crippen molar-refractivity contribution >= 4 is 55.1 Å². The quantitative estimate of drug-likeness (QED) is 0.166. The molecule has 7 nitrogen and oxygen atoms in total. The minimum Gasteiger partial charge on any atom is -0.352 e. The largest absolute Gasteiger partial charge is 0.352 e. The Hall–Kier alpha value is -3.66. The SMILES string of the molecule is CC[C@@H](C)NC(=O)[C@@H](Cc1ccccc1)N(Cc1ccccc1Cl)C(=O)CN(c1ccc(Br)cc1)S(=O)(=O)c1ccccc1. The van der Waals surface area contributed by atoms with Gasteiger partial charge in [0.25, 0.3) is 10.0 Å². The van der Waals surface area contributed by atoms with E-state index in [2.05, 4.69) is 21.2 Å². The number of rotatable bonds is 13. The van der Waals surface area contributed by atoms with Gasteiger partial charge in [-0.25, -0.2) is 8.42 Å². The molecule has 0 aliphatic heterocycles. The number of carbonyl (C=O) groups is 2. The van der Waals surface area contributed by atoms with Crippen LogP contribution in [0.1, 0.15) is 31.4 Å². The summed E-state index contributed by atoms with van der Waals surface area (Å²) in [5, 5.41) is 3.47. The van der Waals surface area contributed by atoms with Crippen LogP contribution in [-0.4, -0.2) is 43.8 Å². The monoisotopic (exact) mass is 695 g/mol. The number of hydrogen-bond acceptors (Lipinski definition) is 4. The van der Waals surface area contributed by atoms with Crippen LogP contribution in [-0.2, 0) is 32.6 Å². The first-order chi connectivity index (χ1) is 21.1. The summed E-state index contributed by atoms with van der Waals surface area (Å²) in [6.45, 7) is 3.34. The van der Waals surface area contributed by atoms with E-state index in [1.54, 1.807) is 60.7 Å². The Balaban J connectivity index is 1.80. The second-order valence-electron chi connectivity index (χ2n) is 10.4. The molecular weight excluding hydrogens is 662 g/mol. The number of sulfonamides is 1. The molecule has 0 aliphatic carbocycles. The van der Waals surface area contributed by atoms with Crippen LogP contribution in [0.2, 0.25) is 5.02 Å². The molecule has 1 N–H and O–H groups in total. The van der Waals surface area contributed by atoms with Crippen molar-refractivity contribution in [2.45, 2.75) is 50.2 Å². The molecule has 0 saturated carbocycles. The van der Waals surface area contributed by atoms with Crippen LogP contribution in [0.5, 0.6) is 0 Å². The molecule has 0 radical (unpaired) electrons. The molecule has 4 aromatic rings. The fraction of sp³-hybridized carbons (Fsp3) is 0.235. The van der Waals surface area contributed by atoms with Crippen LogP contribution < -0.4 is 9.62 Å². The molecule has 10 heteroatoms. The highest BCUT2D eigenvalue weighted by atomic mass is 79.9. The Kier molecular flexibility index (Phi) is 11.6. The molecule has 0 saturated heterocycles. The van der Waals surface area contributed by atoms with E-state index in [9.17, 15) is 18.0 Å². The highest BCUT2D eigenvalue weighted by molar-refractivity contribution is 9.10. The van der Waals surface area contributed by atoms with Crippen LogP contribution in [0.3, 0.4) is 0 Å². The average molecular weight is 697 g/mol. The number of anilines is 1. The van der Waals surface area contributed by atoms with Gasteiger partial charge in [0.15, 0.2) is 0 Å². The summed E-state index contributed by atoms with van der Waals surface area (Å²) in [4.78, 5) is 29.8. The fourth-order valence-corrected chi connectivity index (χ4v) is 6.56. The number of halogens is 2. The first-order valence-electron chi connectivity index (χ1n) is 14.3. The van der Waals surface area contributed by atoms with Crippen LogP contribution in [0, 0.1) is 0 Å². The zero-order valence-electron chi connectivity index (χ0n) is 24.6. The number of nitrogens with one attached hydrogen (secondary N) is 1. The van der Waals surface area contributed by atoms with Crippen molar-refractivity contribution in [3.05, 3.63) is 130 Å². The van der Waals surface area contributed by atoms with E-state index in [1.807, 2.05) is 50.2 Å². The van der Waals surface area contributed by atoms with Gasteiger partial charge in [0.05, 0.1) is 10.6 Å². The molecule has 4 rings (SSSR count). The van der Waals surface area contributed by atoms with Crippen molar-refractivity contribution in [2.24, 2.45) is 0 Å². The van der Waals surface area contributed by atoms with Crippen LogP contribution in [0.25, 0.3) is 0 Å². The summed E-state index contributed by atoms with van der Waals surface area (Å²) in [7, 11) is -4.16. The van der Waals surface area contributed by atoms with Crippen LogP contribution in [0.4, 0.5) is 5.69 Å². The van der Waals surface area contributed by atoms with Crippen LogP contribution >= 0.6 is 27.5 Å².